The average Bonchev–Trinajstić information content (AvgIpc) is 2.86. The van der Waals surface area contributed by atoms with E-state index in [4.69, 9.17) is 11.2 Å². The standard InChI is InChI=1S/C15H18N2O2/c1-3-9-17-15(18)10-19-14-6-4-5-11-12(14)7-8-13(11)16-2/h1,4-6,13,16H,7-10H2,2H3,(H,17,18). The number of ether oxygens (including phenoxy) is 1. The second-order valence-electron chi connectivity index (χ2n) is 4.47. The third-order valence-corrected chi connectivity index (χ3v) is 3.32. The Morgan fingerprint density at radius 1 is 1.58 bits per heavy atom. The zero-order valence-corrected chi connectivity index (χ0v) is 11.0. The highest BCUT2D eigenvalue weighted by molar-refractivity contribution is 5.77. The minimum absolute atomic E-state index is 0.00233. The fourth-order valence-electron chi connectivity index (χ4n) is 2.40. The summed E-state index contributed by atoms with van der Waals surface area (Å²) >= 11 is 0. The highest BCUT2D eigenvalue weighted by Crippen LogP contribution is 2.36. The summed E-state index contributed by atoms with van der Waals surface area (Å²) in [7, 11) is 1.96. The number of fused-ring (bicyclic) bond motifs is 1. The van der Waals surface area contributed by atoms with E-state index in [1.165, 1.54) is 11.1 Å². The van der Waals surface area contributed by atoms with Gasteiger partial charge in [0, 0.05) is 6.04 Å². The Morgan fingerprint density at radius 3 is 3.16 bits per heavy atom. The molecule has 2 rings (SSSR count). The molecule has 100 valence electrons. The molecular formula is C15H18N2O2. The number of hydrogen-bond donors (Lipinski definition) is 2. The number of nitrogens with one attached hydrogen (secondary N) is 2. The molecule has 1 aromatic rings. The summed E-state index contributed by atoms with van der Waals surface area (Å²) in [4.78, 5) is 11.5. The van der Waals surface area contributed by atoms with E-state index in [0.29, 0.717) is 6.04 Å². The zero-order chi connectivity index (χ0) is 13.7. The molecule has 2 N–H and O–H groups in total. The summed E-state index contributed by atoms with van der Waals surface area (Å²) in [6.45, 7) is 0.235. The Balaban J connectivity index is 2.01. The minimum Gasteiger partial charge on any atom is -0.483 e. The second-order valence-corrected chi connectivity index (χ2v) is 4.47. The molecule has 1 amide bonds. The van der Waals surface area contributed by atoms with Crippen LogP contribution in [0.5, 0.6) is 5.75 Å². The highest BCUT2D eigenvalue weighted by Gasteiger charge is 2.23. The molecule has 0 spiro atoms. The van der Waals surface area contributed by atoms with E-state index >= 15 is 0 Å². The third-order valence-electron chi connectivity index (χ3n) is 3.32. The molecule has 1 aliphatic rings. The van der Waals surface area contributed by atoms with Gasteiger partial charge in [0.1, 0.15) is 5.75 Å². The average molecular weight is 258 g/mol. The van der Waals surface area contributed by atoms with Crippen molar-refractivity contribution >= 4 is 5.91 Å². The lowest BCUT2D eigenvalue weighted by atomic mass is 10.1. The van der Waals surface area contributed by atoms with Crippen molar-refractivity contribution in [3.05, 3.63) is 29.3 Å². The van der Waals surface area contributed by atoms with Crippen LogP contribution < -0.4 is 15.4 Å². The van der Waals surface area contributed by atoms with Crippen molar-refractivity contribution in [1.82, 2.24) is 10.6 Å². The zero-order valence-electron chi connectivity index (χ0n) is 11.0. The maximum Gasteiger partial charge on any atom is 0.258 e. The van der Waals surface area contributed by atoms with Crippen molar-refractivity contribution in [1.29, 1.82) is 0 Å². The van der Waals surface area contributed by atoms with Crippen LogP contribution in [0.25, 0.3) is 0 Å². The van der Waals surface area contributed by atoms with Gasteiger partial charge in [0.05, 0.1) is 6.54 Å². The number of rotatable bonds is 5. The maximum absolute atomic E-state index is 11.5. The van der Waals surface area contributed by atoms with Crippen molar-refractivity contribution in [2.24, 2.45) is 0 Å². The molecule has 1 aliphatic carbocycles. The number of benzene rings is 1. The van der Waals surface area contributed by atoms with Gasteiger partial charge in [-0.2, -0.15) is 0 Å². The van der Waals surface area contributed by atoms with Crippen LogP contribution in [0.15, 0.2) is 18.2 Å². The van der Waals surface area contributed by atoms with Crippen LogP contribution in [-0.2, 0) is 11.2 Å². The van der Waals surface area contributed by atoms with Gasteiger partial charge in [-0.1, -0.05) is 18.1 Å². The van der Waals surface area contributed by atoms with Crippen LogP contribution in [0.4, 0.5) is 0 Å². The molecule has 0 bridgehead atoms. The molecule has 0 saturated heterocycles. The first-order valence-electron chi connectivity index (χ1n) is 6.38. The van der Waals surface area contributed by atoms with Crippen molar-refractivity contribution in [2.45, 2.75) is 18.9 Å². The fraction of sp³-hybridized carbons (Fsp3) is 0.400. The SMILES string of the molecule is C#CCNC(=O)COc1cccc2c1CCC2NC. The van der Waals surface area contributed by atoms with E-state index in [2.05, 4.69) is 22.6 Å². The summed E-state index contributed by atoms with van der Waals surface area (Å²) < 4.78 is 5.59. The van der Waals surface area contributed by atoms with Crippen molar-refractivity contribution in [2.75, 3.05) is 20.2 Å². The molecule has 1 atom stereocenters. The van der Waals surface area contributed by atoms with Crippen LogP contribution in [-0.4, -0.2) is 26.1 Å². The van der Waals surface area contributed by atoms with E-state index in [0.717, 1.165) is 18.6 Å². The molecule has 0 aliphatic heterocycles. The van der Waals surface area contributed by atoms with E-state index in [1.807, 2.05) is 19.2 Å². The van der Waals surface area contributed by atoms with Crippen molar-refractivity contribution < 1.29 is 9.53 Å². The van der Waals surface area contributed by atoms with Gasteiger partial charge in [-0.05, 0) is 37.1 Å². The largest absolute Gasteiger partial charge is 0.483 e. The summed E-state index contributed by atoms with van der Waals surface area (Å²) in [5.74, 6) is 2.96. The smallest absolute Gasteiger partial charge is 0.258 e. The summed E-state index contributed by atoms with van der Waals surface area (Å²) in [6.07, 6.45) is 7.12. The molecule has 0 aromatic heterocycles. The van der Waals surface area contributed by atoms with Crippen LogP contribution in [0.1, 0.15) is 23.6 Å². The molecule has 0 radical (unpaired) electrons. The lowest BCUT2D eigenvalue weighted by Crippen LogP contribution is -2.29. The molecule has 4 heteroatoms. The second kappa shape index (κ2) is 6.26. The van der Waals surface area contributed by atoms with Crippen LogP contribution in [0.3, 0.4) is 0 Å². The Kier molecular flexibility index (Phi) is 4.43. The quantitative estimate of drug-likeness (QED) is 0.775. The van der Waals surface area contributed by atoms with Gasteiger partial charge in [0.25, 0.3) is 5.91 Å². The summed E-state index contributed by atoms with van der Waals surface area (Å²) in [6, 6.07) is 6.36. The van der Waals surface area contributed by atoms with Crippen molar-refractivity contribution in [3.8, 4) is 18.1 Å². The lowest BCUT2D eigenvalue weighted by molar-refractivity contribution is -0.122. The molecule has 4 nitrogen and oxygen atoms in total. The maximum atomic E-state index is 11.5. The molecule has 1 aromatic carbocycles. The van der Waals surface area contributed by atoms with Crippen LogP contribution in [0, 0.1) is 12.3 Å². The third kappa shape index (κ3) is 3.07. The van der Waals surface area contributed by atoms with E-state index < -0.39 is 0 Å². The molecule has 0 saturated carbocycles. The molecular weight excluding hydrogens is 240 g/mol. The predicted octanol–water partition coefficient (Wildman–Crippen LogP) is 1.02. The van der Waals surface area contributed by atoms with Gasteiger partial charge in [0.2, 0.25) is 0 Å². The first-order valence-corrected chi connectivity index (χ1v) is 6.38. The Labute approximate surface area is 113 Å². The van der Waals surface area contributed by atoms with E-state index in [-0.39, 0.29) is 19.1 Å². The van der Waals surface area contributed by atoms with Crippen molar-refractivity contribution in [3.63, 3.8) is 0 Å². The van der Waals surface area contributed by atoms with Gasteiger partial charge < -0.3 is 15.4 Å². The Hall–Kier alpha value is -1.99. The Bertz CT molecular complexity index is 505. The number of carbonyl (C=O) groups excluding carboxylic acids is 1. The highest BCUT2D eigenvalue weighted by atomic mass is 16.5. The molecule has 1 unspecified atom stereocenters. The van der Waals surface area contributed by atoms with Gasteiger partial charge >= 0.3 is 0 Å². The van der Waals surface area contributed by atoms with Gasteiger partial charge in [-0.3, -0.25) is 4.79 Å². The number of amides is 1. The molecule has 19 heavy (non-hydrogen) atoms. The predicted molar refractivity (Wildman–Crippen MR) is 73.9 cm³/mol. The van der Waals surface area contributed by atoms with Gasteiger partial charge in [-0.25, -0.2) is 0 Å². The van der Waals surface area contributed by atoms with Crippen LogP contribution >= 0.6 is 0 Å². The normalized spacial score (nSPS) is 16.5. The first kappa shape index (κ1) is 13.4. The number of hydrogen-bond acceptors (Lipinski definition) is 3. The number of terminal acetylenes is 1. The summed E-state index contributed by atoms with van der Waals surface area (Å²) in [5.41, 5.74) is 2.47. The molecule has 0 fully saturated rings. The fourth-order valence-corrected chi connectivity index (χ4v) is 2.40. The number of carbonyl (C=O) groups is 1. The molecule has 0 heterocycles. The van der Waals surface area contributed by atoms with Gasteiger partial charge in [0.15, 0.2) is 6.61 Å². The first-order chi connectivity index (χ1) is 9.26. The van der Waals surface area contributed by atoms with Gasteiger partial charge in [-0.15, -0.1) is 6.42 Å². The lowest BCUT2D eigenvalue weighted by Gasteiger charge is -2.12. The van der Waals surface area contributed by atoms with Crippen LogP contribution in [0.2, 0.25) is 0 Å². The summed E-state index contributed by atoms with van der Waals surface area (Å²) in [5, 5.41) is 5.86. The van der Waals surface area contributed by atoms with E-state index in [1.54, 1.807) is 0 Å². The topological polar surface area (TPSA) is 50.4 Å². The monoisotopic (exact) mass is 258 g/mol. The Morgan fingerprint density at radius 2 is 2.42 bits per heavy atom. The van der Waals surface area contributed by atoms with E-state index in [9.17, 15) is 4.79 Å². The minimum atomic E-state index is -0.196.